The Bertz CT molecular complexity index is 93.3. The van der Waals surface area contributed by atoms with Crippen LogP contribution in [0.1, 0.15) is 20.3 Å². The predicted molar refractivity (Wildman–Crippen MR) is 50.1 cm³/mol. The highest BCUT2D eigenvalue weighted by Crippen LogP contribution is 2.18. The van der Waals surface area contributed by atoms with Gasteiger partial charge in [0, 0.05) is 5.25 Å². The molecular weight excluding hydrogens is 142 g/mol. The second-order valence-electron chi connectivity index (χ2n) is 2.53. The van der Waals surface area contributed by atoms with Crippen molar-refractivity contribution in [1.82, 2.24) is 4.72 Å². The van der Waals surface area contributed by atoms with Crippen molar-refractivity contribution in [1.29, 1.82) is 0 Å². The van der Waals surface area contributed by atoms with Crippen LogP contribution >= 0.6 is 11.9 Å². The highest BCUT2D eigenvalue weighted by Gasteiger charge is 2.09. The molecule has 2 unspecified atom stereocenters. The Balaban J connectivity index is 3.47. The van der Waals surface area contributed by atoms with E-state index in [2.05, 4.69) is 25.1 Å². The minimum absolute atomic E-state index is 0.669. The van der Waals surface area contributed by atoms with Crippen molar-refractivity contribution in [3.05, 3.63) is 12.7 Å². The van der Waals surface area contributed by atoms with Gasteiger partial charge in [-0.3, -0.25) is 4.72 Å². The first-order chi connectivity index (χ1) is 4.72. The van der Waals surface area contributed by atoms with E-state index >= 15 is 0 Å². The average molecular weight is 159 g/mol. The predicted octanol–water partition coefficient (Wildman–Crippen LogP) is 2.45. The zero-order valence-corrected chi connectivity index (χ0v) is 7.87. The summed E-state index contributed by atoms with van der Waals surface area (Å²) >= 11 is 1.78. The summed E-state index contributed by atoms with van der Waals surface area (Å²) in [6.45, 7) is 8.19. The van der Waals surface area contributed by atoms with E-state index in [1.165, 1.54) is 0 Å². The summed E-state index contributed by atoms with van der Waals surface area (Å²) in [7, 11) is 1.96. The lowest BCUT2D eigenvalue weighted by molar-refractivity contribution is 0.586. The first kappa shape index (κ1) is 10.0. The van der Waals surface area contributed by atoms with Crippen LogP contribution in [0.2, 0.25) is 0 Å². The van der Waals surface area contributed by atoms with Gasteiger partial charge in [-0.2, -0.15) is 0 Å². The van der Waals surface area contributed by atoms with Crippen molar-refractivity contribution in [2.45, 2.75) is 25.5 Å². The maximum atomic E-state index is 3.71. The molecule has 60 valence electrons. The molecular formula is C8H17NS. The summed E-state index contributed by atoms with van der Waals surface area (Å²) in [5.74, 6) is 0.718. The molecule has 2 heteroatoms. The van der Waals surface area contributed by atoms with E-state index in [0.717, 1.165) is 12.3 Å². The maximum Gasteiger partial charge on any atom is 0.0193 e. The van der Waals surface area contributed by atoms with Gasteiger partial charge >= 0.3 is 0 Å². The Kier molecular flexibility index (Phi) is 5.84. The third-order valence-electron chi connectivity index (χ3n) is 1.64. The second kappa shape index (κ2) is 5.81. The molecule has 0 aliphatic heterocycles. The van der Waals surface area contributed by atoms with Crippen LogP contribution in [0.4, 0.5) is 0 Å². The monoisotopic (exact) mass is 159 g/mol. The van der Waals surface area contributed by atoms with E-state index in [4.69, 9.17) is 0 Å². The van der Waals surface area contributed by atoms with Crippen molar-refractivity contribution in [2.75, 3.05) is 7.05 Å². The second-order valence-corrected chi connectivity index (χ2v) is 3.92. The smallest absolute Gasteiger partial charge is 0.0193 e. The largest absolute Gasteiger partial charge is 0.267 e. The highest BCUT2D eigenvalue weighted by atomic mass is 32.2. The van der Waals surface area contributed by atoms with Gasteiger partial charge in [0.1, 0.15) is 0 Å². The first-order valence-corrected chi connectivity index (χ1v) is 4.53. The number of rotatable bonds is 5. The van der Waals surface area contributed by atoms with Crippen LogP contribution in [-0.2, 0) is 0 Å². The Labute approximate surface area is 68.4 Å². The number of hydrogen-bond donors (Lipinski definition) is 1. The summed E-state index contributed by atoms with van der Waals surface area (Å²) in [6.07, 6.45) is 3.09. The fraction of sp³-hybridized carbons (Fsp3) is 0.750. The zero-order valence-electron chi connectivity index (χ0n) is 7.05. The van der Waals surface area contributed by atoms with Crippen LogP contribution in [0.15, 0.2) is 12.7 Å². The average Bonchev–Trinajstić information content (AvgIpc) is 1.89. The van der Waals surface area contributed by atoms with E-state index in [1.54, 1.807) is 11.9 Å². The van der Waals surface area contributed by atoms with Gasteiger partial charge in [-0.25, -0.2) is 0 Å². The number of hydrogen-bond acceptors (Lipinski definition) is 2. The van der Waals surface area contributed by atoms with E-state index in [1.807, 2.05) is 13.1 Å². The minimum atomic E-state index is 0.669. The van der Waals surface area contributed by atoms with Crippen LogP contribution in [0.25, 0.3) is 0 Å². The Morgan fingerprint density at radius 3 is 2.60 bits per heavy atom. The van der Waals surface area contributed by atoms with E-state index in [9.17, 15) is 0 Å². The fourth-order valence-electron chi connectivity index (χ4n) is 0.757. The molecule has 0 heterocycles. The van der Waals surface area contributed by atoms with Gasteiger partial charge < -0.3 is 0 Å². The van der Waals surface area contributed by atoms with E-state index in [0.29, 0.717) is 5.25 Å². The topological polar surface area (TPSA) is 12.0 Å². The molecule has 0 spiro atoms. The van der Waals surface area contributed by atoms with Gasteiger partial charge in [0.25, 0.3) is 0 Å². The lowest BCUT2D eigenvalue weighted by atomic mass is 10.1. The number of allylic oxidation sites excluding steroid dienone is 1. The minimum Gasteiger partial charge on any atom is -0.267 e. The van der Waals surface area contributed by atoms with Crippen LogP contribution in [0.3, 0.4) is 0 Å². The molecule has 0 saturated heterocycles. The molecule has 0 aromatic heterocycles. The van der Waals surface area contributed by atoms with Gasteiger partial charge in [0.15, 0.2) is 0 Å². The SMILES string of the molecule is C=CCC(C)C(C)SNC. The molecule has 0 bridgehead atoms. The molecule has 10 heavy (non-hydrogen) atoms. The molecule has 0 aromatic carbocycles. The van der Waals surface area contributed by atoms with Crippen molar-refractivity contribution < 1.29 is 0 Å². The van der Waals surface area contributed by atoms with Gasteiger partial charge in [-0.05, 0) is 19.4 Å². The van der Waals surface area contributed by atoms with Crippen LogP contribution in [0.5, 0.6) is 0 Å². The third-order valence-corrected chi connectivity index (χ3v) is 2.72. The highest BCUT2D eigenvalue weighted by molar-refractivity contribution is 7.98. The molecule has 0 aromatic rings. The normalized spacial score (nSPS) is 16.3. The standard InChI is InChI=1S/C8H17NS/c1-5-6-7(2)8(3)10-9-4/h5,7-9H,1,6H2,2-4H3. The van der Waals surface area contributed by atoms with Crippen LogP contribution in [-0.4, -0.2) is 12.3 Å². The van der Waals surface area contributed by atoms with Crippen molar-refractivity contribution in [3.8, 4) is 0 Å². The number of nitrogens with one attached hydrogen (secondary N) is 1. The first-order valence-electron chi connectivity index (χ1n) is 3.65. The molecule has 0 aliphatic carbocycles. The quantitative estimate of drug-likeness (QED) is 0.488. The van der Waals surface area contributed by atoms with Gasteiger partial charge in [0.2, 0.25) is 0 Å². The molecule has 0 fully saturated rings. The molecule has 1 N–H and O–H groups in total. The molecule has 0 rings (SSSR count). The summed E-state index contributed by atoms with van der Waals surface area (Å²) < 4.78 is 3.09. The van der Waals surface area contributed by atoms with Gasteiger partial charge in [-0.15, -0.1) is 6.58 Å². The van der Waals surface area contributed by atoms with E-state index in [-0.39, 0.29) is 0 Å². The lowest BCUT2D eigenvalue weighted by Gasteiger charge is -2.16. The van der Waals surface area contributed by atoms with Crippen molar-refractivity contribution in [2.24, 2.45) is 5.92 Å². The molecule has 1 nitrogen and oxygen atoms in total. The zero-order chi connectivity index (χ0) is 7.98. The lowest BCUT2D eigenvalue weighted by Crippen LogP contribution is -2.13. The van der Waals surface area contributed by atoms with Gasteiger partial charge in [-0.1, -0.05) is 31.9 Å². The summed E-state index contributed by atoms with van der Waals surface area (Å²) in [4.78, 5) is 0. The molecule has 0 saturated carbocycles. The molecule has 2 atom stereocenters. The molecule has 0 radical (unpaired) electrons. The van der Waals surface area contributed by atoms with Gasteiger partial charge in [0.05, 0.1) is 0 Å². The summed E-state index contributed by atoms with van der Waals surface area (Å²) in [6, 6.07) is 0. The third kappa shape index (κ3) is 3.96. The summed E-state index contributed by atoms with van der Waals surface area (Å²) in [5.41, 5.74) is 0. The van der Waals surface area contributed by atoms with Crippen molar-refractivity contribution >= 4 is 11.9 Å². The van der Waals surface area contributed by atoms with E-state index < -0.39 is 0 Å². The molecule has 0 amide bonds. The van der Waals surface area contributed by atoms with Crippen LogP contribution < -0.4 is 4.72 Å². The molecule has 0 aliphatic rings. The Morgan fingerprint density at radius 2 is 2.20 bits per heavy atom. The Morgan fingerprint density at radius 1 is 1.60 bits per heavy atom. The summed E-state index contributed by atoms with van der Waals surface area (Å²) in [5, 5.41) is 0.669. The van der Waals surface area contributed by atoms with Crippen LogP contribution in [0, 0.1) is 5.92 Å². The van der Waals surface area contributed by atoms with Crippen molar-refractivity contribution in [3.63, 3.8) is 0 Å². The maximum absolute atomic E-state index is 3.71. The Hall–Kier alpha value is 0.0500. The fourth-order valence-corrected chi connectivity index (χ4v) is 1.47.